The molecule has 0 saturated heterocycles. The van der Waals surface area contributed by atoms with Crippen LogP contribution in [0.3, 0.4) is 0 Å². The molecule has 0 aromatic heterocycles. The third kappa shape index (κ3) is 3.43. The molecule has 1 aromatic carbocycles. The zero-order valence-corrected chi connectivity index (χ0v) is 8.16. The van der Waals surface area contributed by atoms with Crippen LogP contribution in [0.1, 0.15) is 24.5 Å². The SMILES string of the molecule is CC=CCCc1ccc(CN)cc1. The quantitative estimate of drug-likeness (QED) is 0.699. The number of rotatable bonds is 4. The van der Waals surface area contributed by atoms with Crippen molar-refractivity contribution in [3.8, 4) is 0 Å². The highest BCUT2D eigenvalue weighted by Crippen LogP contribution is 2.06. The molecule has 1 heteroatoms. The van der Waals surface area contributed by atoms with Crippen LogP contribution in [0.4, 0.5) is 0 Å². The van der Waals surface area contributed by atoms with E-state index < -0.39 is 0 Å². The molecule has 1 aromatic rings. The molecule has 13 heavy (non-hydrogen) atoms. The minimum atomic E-state index is 0.634. The minimum Gasteiger partial charge on any atom is -0.326 e. The predicted octanol–water partition coefficient (Wildman–Crippen LogP) is 2.65. The van der Waals surface area contributed by atoms with Crippen LogP contribution < -0.4 is 5.73 Å². The first-order valence-electron chi connectivity index (χ1n) is 4.76. The monoisotopic (exact) mass is 175 g/mol. The van der Waals surface area contributed by atoms with Gasteiger partial charge in [-0.3, -0.25) is 0 Å². The van der Waals surface area contributed by atoms with Crippen molar-refractivity contribution in [2.45, 2.75) is 26.3 Å². The highest BCUT2D eigenvalue weighted by Gasteiger charge is 1.91. The van der Waals surface area contributed by atoms with E-state index in [0.717, 1.165) is 12.8 Å². The molecule has 0 radical (unpaired) electrons. The third-order valence-electron chi connectivity index (χ3n) is 2.09. The number of nitrogens with two attached hydrogens (primary N) is 1. The highest BCUT2D eigenvalue weighted by atomic mass is 14.5. The first kappa shape index (κ1) is 10.0. The third-order valence-corrected chi connectivity index (χ3v) is 2.09. The van der Waals surface area contributed by atoms with Crippen LogP contribution in [0, 0.1) is 0 Å². The van der Waals surface area contributed by atoms with E-state index in [1.165, 1.54) is 11.1 Å². The average molecular weight is 175 g/mol. The minimum absolute atomic E-state index is 0.634. The Kier molecular flexibility index (Phi) is 4.27. The van der Waals surface area contributed by atoms with Crippen LogP contribution in [0.5, 0.6) is 0 Å². The summed E-state index contributed by atoms with van der Waals surface area (Å²) in [4.78, 5) is 0. The second-order valence-corrected chi connectivity index (χ2v) is 3.13. The van der Waals surface area contributed by atoms with Gasteiger partial charge in [-0.1, -0.05) is 36.4 Å². The normalized spacial score (nSPS) is 10.9. The van der Waals surface area contributed by atoms with Crippen LogP contribution in [0.15, 0.2) is 36.4 Å². The average Bonchev–Trinajstić information content (AvgIpc) is 2.19. The number of benzene rings is 1. The lowest BCUT2D eigenvalue weighted by Crippen LogP contribution is -1.95. The van der Waals surface area contributed by atoms with Crippen molar-refractivity contribution >= 4 is 0 Å². The lowest BCUT2D eigenvalue weighted by molar-refractivity contribution is 0.990. The van der Waals surface area contributed by atoms with Crippen LogP contribution in [0.2, 0.25) is 0 Å². The largest absolute Gasteiger partial charge is 0.326 e. The fourth-order valence-electron chi connectivity index (χ4n) is 1.26. The second kappa shape index (κ2) is 5.55. The highest BCUT2D eigenvalue weighted by molar-refractivity contribution is 5.22. The Morgan fingerprint density at radius 3 is 2.31 bits per heavy atom. The number of aryl methyl sites for hydroxylation is 1. The van der Waals surface area contributed by atoms with Crippen molar-refractivity contribution in [2.24, 2.45) is 5.73 Å². The van der Waals surface area contributed by atoms with Crippen molar-refractivity contribution in [2.75, 3.05) is 0 Å². The van der Waals surface area contributed by atoms with Crippen molar-refractivity contribution in [3.63, 3.8) is 0 Å². The lowest BCUT2D eigenvalue weighted by Gasteiger charge is -2.00. The predicted molar refractivity (Wildman–Crippen MR) is 57.5 cm³/mol. The summed E-state index contributed by atoms with van der Waals surface area (Å²) in [5.74, 6) is 0. The zero-order chi connectivity index (χ0) is 9.52. The van der Waals surface area contributed by atoms with Gasteiger partial charge in [-0.05, 0) is 30.9 Å². The van der Waals surface area contributed by atoms with Gasteiger partial charge in [-0.25, -0.2) is 0 Å². The van der Waals surface area contributed by atoms with E-state index in [0.29, 0.717) is 6.54 Å². The maximum atomic E-state index is 5.51. The van der Waals surface area contributed by atoms with Crippen LogP contribution in [-0.2, 0) is 13.0 Å². The molecule has 0 fully saturated rings. The molecule has 0 spiro atoms. The standard InChI is InChI=1S/C12H17N/c1-2-3-4-5-11-6-8-12(10-13)9-7-11/h2-3,6-9H,4-5,10,13H2,1H3. The molecule has 0 aliphatic rings. The van der Waals surface area contributed by atoms with Gasteiger partial charge in [-0.15, -0.1) is 0 Å². The molecular formula is C12H17N. The molecule has 0 aliphatic carbocycles. The summed E-state index contributed by atoms with van der Waals surface area (Å²) >= 11 is 0. The molecule has 0 aliphatic heterocycles. The van der Waals surface area contributed by atoms with Crippen LogP contribution >= 0.6 is 0 Å². The van der Waals surface area contributed by atoms with Gasteiger partial charge >= 0.3 is 0 Å². The van der Waals surface area contributed by atoms with Gasteiger partial charge in [0.25, 0.3) is 0 Å². The molecule has 0 saturated carbocycles. The molecule has 0 unspecified atom stereocenters. The van der Waals surface area contributed by atoms with E-state index in [4.69, 9.17) is 5.73 Å². The maximum absolute atomic E-state index is 5.51. The Morgan fingerprint density at radius 2 is 1.77 bits per heavy atom. The number of hydrogen-bond acceptors (Lipinski definition) is 1. The first-order valence-corrected chi connectivity index (χ1v) is 4.76. The molecule has 0 amide bonds. The first-order chi connectivity index (χ1) is 6.36. The van der Waals surface area contributed by atoms with E-state index in [1.54, 1.807) is 0 Å². The van der Waals surface area contributed by atoms with Gasteiger partial charge in [0.15, 0.2) is 0 Å². The van der Waals surface area contributed by atoms with Crippen molar-refractivity contribution in [1.29, 1.82) is 0 Å². The van der Waals surface area contributed by atoms with E-state index in [9.17, 15) is 0 Å². The summed E-state index contributed by atoms with van der Waals surface area (Å²) in [6.45, 7) is 2.69. The molecule has 70 valence electrons. The second-order valence-electron chi connectivity index (χ2n) is 3.13. The Labute approximate surface area is 80.3 Å². The van der Waals surface area contributed by atoms with Crippen molar-refractivity contribution in [3.05, 3.63) is 47.5 Å². The fraction of sp³-hybridized carbons (Fsp3) is 0.333. The van der Waals surface area contributed by atoms with Gasteiger partial charge in [0.05, 0.1) is 0 Å². The number of allylic oxidation sites excluding steroid dienone is 2. The summed E-state index contributed by atoms with van der Waals surface area (Å²) in [5, 5.41) is 0. The zero-order valence-electron chi connectivity index (χ0n) is 8.16. The summed E-state index contributed by atoms with van der Waals surface area (Å²) in [6.07, 6.45) is 6.53. The van der Waals surface area contributed by atoms with E-state index >= 15 is 0 Å². The van der Waals surface area contributed by atoms with Gasteiger partial charge < -0.3 is 5.73 Å². The van der Waals surface area contributed by atoms with Gasteiger partial charge in [0, 0.05) is 6.54 Å². The van der Waals surface area contributed by atoms with Crippen molar-refractivity contribution < 1.29 is 0 Å². The topological polar surface area (TPSA) is 26.0 Å². The van der Waals surface area contributed by atoms with E-state index in [2.05, 4.69) is 43.3 Å². The maximum Gasteiger partial charge on any atom is 0.0178 e. The summed E-state index contributed by atoms with van der Waals surface area (Å²) < 4.78 is 0. The molecule has 1 nitrogen and oxygen atoms in total. The molecule has 0 heterocycles. The Hall–Kier alpha value is -1.08. The molecular weight excluding hydrogens is 158 g/mol. The van der Waals surface area contributed by atoms with Gasteiger partial charge in [0.1, 0.15) is 0 Å². The summed E-state index contributed by atoms with van der Waals surface area (Å²) in [7, 11) is 0. The molecule has 0 atom stereocenters. The molecule has 0 bridgehead atoms. The van der Waals surface area contributed by atoms with Gasteiger partial charge in [-0.2, -0.15) is 0 Å². The Balaban J connectivity index is 2.49. The summed E-state index contributed by atoms with van der Waals surface area (Å²) in [5.41, 5.74) is 8.10. The Bertz CT molecular complexity index is 259. The van der Waals surface area contributed by atoms with Crippen LogP contribution in [0.25, 0.3) is 0 Å². The van der Waals surface area contributed by atoms with Crippen LogP contribution in [-0.4, -0.2) is 0 Å². The Morgan fingerprint density at radius 1 is 1.15 bits per heavy atom. The van der Waals surface area contributed by atoms with E-state index in [-0.39, 0.29) is 0 Å². The van der Waals surface area contributed by atoms with Crippen molar-refractivity contribution in [1.82, 2.24) is 0 Å². The smallest absolute Gasteiger partial charge is 0.0178 e. The van der Waals surface area contributed by atoms with Gasteiger partial charge in [0.2, 0.25) is 0 Å². The lowest BCUT2D eigenvalue weighted by atomic mass is 10.1. The number of hydrogen-bond donors (Lipinski definition) is 1. The fourth-order valence-corrected chi connectivity index (χ4v) is 1.26. The summed E-state index contributed by atoms with van der Waals surface area (Å²) in [6, 6.07) is 8.52. The molecule has 1 rings (SSSR count). The van der Waals surface area contributed by atoms with E-state index in [1.807, 2.05) is 0 Å². The molecule has 2 N–H and O–H groups in total.